The molecule has 0 radical (unpaired) electrons. The molecule has 0 nitrogen and oxygen atoms in total. The van der Waals surface area contributed by atoms with Crippen molar-refractivity contribution in [2.45, 2.75) is 27.2 Å². The Labute approximate surface area is 139 Å². The summed E-state index contributed by atoms with van der Waals surface area (Å²) in [4.78, 5) is 0. The Bertz CT molecular complexity index is 858. The summed E-state index contributed by atoms with van der Waals surface area (Å²) in [5.74, 6) is 0. The highest BCUT2D eigenvalue weighted by Crippen LogP contribution is 2.28. The molecule has 2 aromatic rings. The molecule has 0 saturated carbocycles. The fraction of sp³-hybridized carbons (Fsp3) is 0.182. The van der Waals surface area contributed by atoms with Gasteiger partial charge in [-0.3, -0.25) is 0 Å². The first-order chi connectivity index (χ1) is 11.1. The van der Waals surface area contributed by atoms with E-state index in [0.717, 1.165) is 6.42 Å². The Kier molecular flexibility index (Phi) is 3.38. The molecule has 23 heavy (non-hydrogen) atoms. The van der Waals surface area contributed by atoms with Crippen molar-refractivity contribution in [3.63, 3.8) is 0 Å². The first-order valence-electron chi connectivity index (χ1n) is 8.40. The Balaban J connectivity index is 2.01. The minimum Gasteiger partial charge on any atom is -0.0848 e. The van der Waals surface area contributed by atoms with E-state index in [1.54, 1.807) is 0 Å². The van der Waals surface area contributed by atoms with Gasteiger partial charge in [-0.2, -0.15) is 0 Å². The maximum atomic E-state index is 2.41. The van der Waals surface area contributed by atoms with Gasteiger partial charge in [-0.25, -0.2) is 0 Å². The molecular formula is C22H21B. The van der Waals surface area contributed by atoms with E-state index in [1.807, 2.05) is 0 Å². The van der Waals surface area contributed by atoms with Gasteiger partial charge in [0.05, 0.1) is 0 Å². The zero-order valence-corrected chi connectivity index (χ0v) is 14.1. The molecular weight excluding hydrogens is 275 g/mol. The zero-order chi connectivity index (χ0) is 16.0. The summed E-state index contributed by atoms with van der Waals surface area (Å²) in [5, 5.41) is 0. The van der Waals surface area contributed by atoms with Crippen molar-refractivity contribution in [2.24, 2.45) is 0 Å². The van der Waals surface area contributed by atoms with Gasteiger partial charge in [-0.1, -0.05) is 87.7 Å². The van der Waals surface area contributed by atoms with Crippen molar-refractivity contribution in [3.05, 3.63) is 87.9 Å². The minimum absolute atomic E-state index is 0.358. The standard InChI is InChI=1S/C22H21B/c1-15-12-16(2)22(17(3)13-15)23-20-10-6-4-8-18(20)14-19-9-5-7-11-21(19)23/h4-6,8-14H,7H2,1-3H3. The summed E-state index contributed by atoms with van der Waals surface area (Å²) in [6.07, 6.45) is 10.3. The van der Waals surface area contributed by atoms with Gasteiger partial charge in [0, 0.05) is 0 Å². The Morgan fingerprint density at radius 2 is 1.70 bits per heavy atom. The monoisotopic (exact) mass is 296 g/mol. The lowest BCUT2D eigenvalue weighted by atomic mass is 9.31. The summed E-state index contributed by atoms with van der Waals surface area (Å²) in [6, 6.07) is 13.5. The van der Waals surface area contributed by atoms with E-state index in [0.29, 0.717) is 6.71 Å². The number of rotatable bonds is 1. The molecule has 0 atom stereocenters. The van der Waals surface area contributed by atoms with Crippen LogP contribution in [0.3, 0.4) is 0 Å². The van der Waals surface area contributed by atoms with E-state index >= 15 is 0 Å². The van der Waals surface area contributed by atoms with E-state index in [4.69, 9.17) is 0 Å². The predicted octanol–water partition coefficient (Wildman–Crippen LogP) is 4.04. The molecule has 4 rings (SSSR count). The summed E-state index contributed by atoms with van der Waals surface area (Å²) >= 11 is 0. The fourth-order valence-electron chi connectivity index (χ4n) is 4.22. The van der Waals surface area contributed by atoms with Gasteiger partial charge >= 0.3 is 0 Å². The van der Waals surface area contributed by atoms with Gasteiger partial charge in [-0.15, -0.1) is 0 Å². The van der Waals surface area contributed by atoms with Crippen molar-refractivity contribution in [2.75, 3.05) is 0 Å². The molecule has 0 aromatic heterocycles. The molecule has 0 unspecified atom stereocenters. The Morgan fingerprint density at radius 3 is 2.48 bits per heavy atom. The number of aryl methyl sites for hydroxylation is 3. The predicted molar refractivity (Wildman–Crippen MR) is 102 cm³/mol. The van der Waals surface area contributed by atoms with E-state index in [2.05, 4.69) is 81.5 Å². The maximum Gasteiger partial charge on any atom is 0.243 e. The molecule has 1 aliphatic carbocycles. The third-order valence-corrected chi connectivity index (χ3v) is 5.06. The van der Waals surface area contributed by atoms with Gasteiger partial charge in [0.15, 0.2) is 0 Å². The lowest BCUT2D eigenvalue weighted by Crippen LogP contribution is -2.50. The lowest BCUT2D eigenvalue weighted by Gasteiger charge is -2.30. The number of allylic oxidation sites excluding steroid dienone is 5. The second-order valence-electron chi connectivity index (χ2n) is 6.77. The van der Waals surface area contributed by atoms with Gasteiger partial charge in [-0.05, 0) is 44.4 Å². The first-order valence-corrected chi connectivity index (χ1v) is 8.40. The van der Waals surface area contributed by atoms with Crippen LogP contribution in [-0.2, 0) is 0 Å². The Hall–Kier alpha value is -2.28. The Morgan fingerprint density at radius 1 is 0.957 bits per heavy atom. The van der Waals surface area contributed by atoms with E-state index in [-0.39, 0.29) is 0 Å². The van der Waals surface area contributed by atoms with Crippen molar-refractivity contribution in [3.8, 4) is 0 Å². The summed E-state index contributed by atoms with van der Waals surface area (Å²) in [7, 11) is 0. The summed E-state index contributed by atoms with van der Waals surface area (Å²) < 4.78 is 0. The first kappa shape index (κ1) is 14.3. The summed E-state index contributed by atoms with van der Waals surface area (Å²) in [5.41, 5.74) is 11.3. The van der Waals surface area contributed by atoms with Crippen LogP contribution in [0.4, 0.5) is 0 Å². The quantitative estimate of drug-likeness (QED) is 0.697. The van der Waals surface area contributed by atoms with Crippen LogP contribution in [-0.4, -0.2) is 6.71 Å². The second-order valence-corrected chi connectivity index (χ2v) is 6.77. The minimum atomic E-state index is 0.358. The van der Waals surface area contributed by atoms with E-state index in [9.17, 15) is 0 Å². The molecule has 0 N–H and O–H groups in total. The van der Waals surface area contributed by atoms with Crippen molar-refractivity contribution in [1.29, 1.82) is 0 Å². The SMILES string of the molecule is Cc1cc(C)c(B2C3=CCC=CC3=Cc3ccccc32)c(C)c1. The van der Waals surface area contributed by atoms with Crippen LogP contribution in [0.15, 0.2) is 65.7 Å². The van der Waals surface area contributed by atoms with Crippen molar-refractivity contribution < 1.29 is 0 Å². The van der Waals surface area contributed by atoms with Crippen LogP contribution in [0.2, 0.25) is 0 Å². The smallest absolute Gasteiger partial charge is 0.0848 e. The fourth-order valence-corrected chi connectivity index (χ4v) is 4.22. The number of benzene rings is 2. The van der Waals surface area contributed by atoms with Crippen LogP contribution >= 0.6 is 0 Å². The molecule has 1 heterocycles. The van der Waals surface area contributed by atoms with Crippen LogP contribution in [0.25, 0.3) is 6.08 Å². The molecule has 0 saturated heterocycles. The highest BCUT2D eigenvalue weighted by atomic mass is 14.2. The van der Waals surface area contributed by atoms with Crippen LogP contribution in [0, 0.1) is 20.8 Å². The molecule has 0 fully saturated rings. The van der Waals surface area contributed by atoms with Crippen LogP contribution in [0.5, 0.6) is 0 Å². The molecule has 112 valence electrons. The molecule has 0 bridgehead atoms. The van der Waals surface area contributed by atoms with Gasteiger partial charge in [0.1, 0.15) is 0 Å². The second kappa shape index (κ2) is 5.42. The topological polar surface area (TPSA) is 0 Å². The molecule has 0 spiro atoms. The summed E-state index contributed by atoms with van der Waals surface area (Å²) in [6.45, 7) is 7.06. The molecule has 0 amide bonds. The van der Waals surface area contributed by atoms with Crippen molar-refractivity contribution >= 4 is 23.7 Å². The zero-order valence-electron chi connectivity index (χ0n) is 14.1. The third kappa shape index (κ3) is 2.32. The van der Waals surface area contributed by atoms with Crippen molar-refractivity contribution in [1.82, 2.24) is 0 Å². The molecule has 1 heteroatoms. The lowest BCUT2D eigenvalue weighted by molar-refractivity contribution is 1.31. The third-order valence-electron chi connectivity index (χ3n) is 5.06. The highest BCUT2D eigenvalue weighted by Gasteiger charge is 2.32. The average molecular weight is 296 g/mol. The van der Waals surface area contributed by atoms with Crippen LogP contribution < -0.4 is 10.9 Å². The average Bonchev–Trinajstić information content (AvgIpc) is 2.53. The molecule has 2 aliphatic rings. The maximum absolute atomic E-state index is 2.41. The largest absolute Gasteiger partial charge is 0.243 e. The van der Waals surface area contributed by atoms with Gasteiger partial charge in [0.2, 0.25) is 6.71 Å². The number of fused-ring (bicyclic) bond motifs is 2. The van der Waals surface area contributed by atoms with E-state index in [1.165, 1.54) is 44.2 Å². The van der Waals surface area contributed by atoms with Gasteiger partial charge < -0.3 is 0 Å². The highest BCUT2D eigenvalue weighted by molar-refractivity contribution is 6.93. The van der Waals surface area contributed by atoms with Crippen LogP contribution in [0.1, 0.15) is 28.7 Å². The molecule has 1 aliphatic heterocycles. The van der Waals surface area contributed by atoms with E-state index < -0.39 is 0 Å². The number of hydrogen-bond donors (Lipinski definition) is 0. The van der Waals surface area contributed by atoms with Gasteiger partial charge in [0.25, 0.3) is 0 Å². The number of hydrogen-bond acceptors (Lipinski definition) is 0. The molecule has 2 aromatic carbocycles. The normalized spacial score (nSPS) is 15.7.